The molecule has 0 aromatic heterocycles. The van der Waals surface area contributed by atoms with Gasteiger partial charge >= 0.3 is 12.9 Å². The SMILES string of the molecule is CCOC(=O)[C@H]1C2CSCC[C@]21[B-](F)(F)F. The van der Waals surface area contributed by atoms with E-state index in [9.17, 15) is 17.7 Å². The molecule has 3 atom stereocenters. The van der Waals surface area contributed by atoms with Gasteiger partial charge in [0.1, 0.15) is 0 Å². The van der Waals surface area contributed by atoms with E-state index in [1.807, 2.05) is 0 Å². The highest BCUT2D eigenvalue weighted by atomic mass is 32.2. The molecule has 1 saturated heterocycles. The van der Waals surface area contributed by atoms with Crippen LogP contribution in [0.4, 0.5) is 12.9 Å². The molecule has 1 unspecified atom stereocenters. The number of halogens is 3. The fraction of sp³-hybridized carbons (Fsp3) is 0.889. The average molecular weight is 253 g/mol. The molecule has 0 spiro atoms. The molecular formula is C9H13BF3O2S-. The minimum atomic E-state index is -4.95. The first-order valence-corrected chi connectivity index (χ1v) is 6.54. The summed E-state index contributed by atoms with van der Waals surface area (Å²) in [5.41, 5.74) is 0. The first-order chi connectivity index (χ1) is 7.45. The summed E-state index contributed by atoms with van der Waals surface area (Å²) in [4.78, 5) is 11.5. The lowest BCUT2D eigenvalue weighted by atomic mass is 9.64. The van der Waals surface area contributed by atoms with Crippen molar-refractivity contribution in [3.63, 3.8) is 0 Å². The maximum Gasteiger partial charge on any atom is 0.485 e. The molecule has 7 heteroatoms. The zero-order chi connectivity index (χ0) is 12.0. The summed E-state index contributed by atoms with van der Waals surface area (Å²) in [6.45, 7) is -3.19. The van der Waals surface area contributed by atoms with Crippen molar-refractivity contribution in [1.82, 2.24) is 0 Å². The van der Waals surface area contributed by atoms with Crippen molar-refractivity contribution in [1.29, 1.82) is 0 Å². The Balaban J connectivity index is 2.19. The lowest BCUT2D eigenvalue weighted by Crippen LogP contribution is -2.32. The lowest BCUT2D eigenvalue weighted by Gasteiger charge is -2.31. The van der Waals surface area contributed by atoms with E-state index in [1.54, 1.807) is 6.92 Å². The molecule has 2 nitrogen and oxygen atoms in total. The molecule has 2 aliphatic rings. The second-order valence-electron chi connectivity index (χ2n) is 4.35. The van der Waals surface area contributed by atoms with E-state index in [0.29, 0.717) is 11.5 Å². The van der Waals surface area contributed by atoms with Crippen molar-refractivity contribution in [2.75, 3.05) is 18.1 Å². The normalized spacial score (nSPS) is 37.8. The Bertz CT molecular complexity index is 310. The van der Waals surface area contributed by atoms with Gasteiger partial charge in [-0.2, -0.15) is 11.8 Å². The molecule has 2 fully saturated rings. The van der Waals surface area contributed by atoms with Crippen LogP contribution in [0.5, 0.6) is 0 Å². The Labute approximate surface area is 96.3 Å². The summed E-state index contributed by atoms with van der Waals surface area (Å²) in [6.07, 6.45) is 0.0787. The van der Waals surface area contributed by atoms with Gasteiger partial charge in [-0.15, -0.1) is 0 Å². The van der Waals surface area contributed by atoms with Crippen molar-refractivity contribution in [3.8, 4) is 0 Å². The molecule has 1 aliphatic heterocycles. The van der Waals surface area contributed by atoms with Crippen LogP contribution in [0.2, 0.25) is 5.31 Å². The highest BCUT2D eigenvalue weighted by Crippen LogP contribution is 2.76. The molecule has 92 valence electrons. The largest absolute Gasteiger partial charge is 0.485 e. The average Bonchev–Trinajstić information content (AvgIpc) is 2.87. The number of esters is 1. The number of carbonyl (C=O) groups excluding carboxylic acids is 1. The third kappa shape index (κ3) is 1.55. The van der Waals surface area contributed by atoms with Crippen LogP contribution in [0.3, 0.4) is 0 Å². The fourth-order valence-electron chi connectivity index (χ4n) is 2.82. The van der Waals surface area contributed by atoms with E-state index >= 15 is 0 Å². The number of hydrogen-bond acceptors (Lipinski definition) is 3. The lowest BCUT2D eigenvalue weighted by molar-refractivity contribution is -0.145. The zero-order valence-electron chi connectivity index (χ0n) is 8.92. The summed E-state index contributed by atoms with van der Waals surface area (Å²) in [6, 6.07) is 0. The van der Waals surface area contributed by atoms with E-state index in [1.165, 1.54) is 11.8 Å². The summed E-state index contributed by atoms with van der Waals surface area (Å²) in [5, 5.41) is -1.71. The number of ether oxygens (including phenoxy) is 1. The number of carbonyl (C=O) groups is 1. The van der Waals surface area contributed by atoms with Crippen LogP contribution < -0.4 is 0 Å². The van der Waals surface area contributed by atoms with Crippen LogP contribution in [-0.2, 0) is 9.53 Å². The van der Waals surface area contributed by atoms with Crippen molar-refractivity contribution >= 4 is 24.7 Å². The minimum absolute atomic E-state index is 0.0787. The van der Waals surface area contributed by atoms with Gasteiger partial charge in [0, 0.05) is 5.92 Å². The van der Waals surface area contributed by atoms with Gasteiger partial charge in [0.15, 0.2) is 0 Å². The van der Waals surface area contributed by atoms with Crippen molar-refractivity contribution in [3.05, 3.63) is 0 Å². The smallest absolute Gasteiger partial charge is 0.466 e. The van der Waals surface area contributed by atoms with Gasteiger partial charge in [0.2, 0.25) is 0 Å². The van der Waals surface area contributed by atoms with Crippen molar-refractivity contribution < 1.29 is 22.5 Å². The highest BCUT2D eigenvalue weighted by molar-refractivity contribution is 7.99. The Morgan fingerprint density at radius 2 is 2.25 bits per heavy atom. The molecule has 0 aromatic rings. The molecule has 0 aromatic carbocycles. The second-order valence-corrected chi connectivity index (χ2v) is 5.50. The predicted molar refractivity (Wildman–Crippen MR) is 57.3 cm³/mol. The second kappa shape index (κ2) is 3.86. The van der Waals surface area contributed by atoms with Gasteiger partial charge in [-0.3, -0.25) is 4.79 Å². The monoisotopic (exact) mass is 253 g/mol. The number of rotatable bonds is 3. The highest BCUT2D eigenvalue weighted by Gasteiger charge is 2.75. The topological polar surface area (TPSA) is 26.3 Å². The summed E-state index contributed by atoms with van der Waals surface area (Å²) < 4.78 is 43.9. The van der Waals surface area contributed by atoms with Gasteiger partial charge in [0.05, 0.1) is 6.61 Å². The fourth-order valence-corrected chi connectivity index (χ4v) is 4.24. The number of fused-ring (bicyclic) bond motifs is 1. The number of hydrogen-bond donors (Lipinski definition) is 0. The molecule has 0 amide bonds. The summed E-state index contributed by atoms with van der Waals surface area (Å²) in [7, 11) is 0. The molecule has 0 radical (unpaired) electrons. The van der Waals surface area contributed by atoms with Crippen molar-refractivity contribution in [2.45, 2.75) is 18.7 Å². The standard InChI is InChI=1S/C9H13BF3O2S/c1-2-15-8(14)7-6-5-16-4-3-9(6,7)10(11,12)13/h6-7H,2-5H2,1H3/q-1/t6?,7-,9+/m1/s1. The van der Waals surface area contributed by atoms with E-state index in [0.717, 1.165) is 0 Å². The van der Waals surface area contributed by atoms with Gasteiger partial charge < -0.3 is 17.7 Å². The van der Waals surface area contributed by atoms with Gasteiger partial charge in [-0.05, 0) is 29.7 Å². The Kier molecular flexibility index (Phi) is 2.93. The Morgan fingerprint density at radius 3 is 2.75 bits per heavy atom. The molecule has 1 saturated carbocycles. The first kappa shape index (κ1) is 12.1. The number of thioether (sulfide) groups is 1. The summed E-state index contributed by atoms with van der Waals surface area (Å²) >= 11 is 1.50. The van der Waals surface area contributed by atoms with E-state index < -0.39 is 30.1 Å². The quantitative estimate of drug-likeness (QED) is 0.571. The van der Waals surface area contributed by atoms with Crippen LogP contribution in [0.25, 0.3) is 0 Å². The molecular weight excluding hydrogens is 240 g/mol. The summed E-state index contributed by atoms with van der Waals surface area (Å²) in [5.74, 6) is -1.19. The Morgan fingerprint density at radius 1 is 1.56 bits per heavy atom. The predicted octanol–water partition coefficient (Wildman–Crippen LogP) is 2.52. The maximum atomic E-state index is 13.1. The first-order valence-electron chi connectivity index (χ1n) is 5.39. The van der Waals surface area contributed by atoms with Crippen LogP contribution in [-0.4, -0.2) is 31.1 Å². The molecule has 0 N–H and O–H groups in total. The van der Waals surface area contributed by atoms with E-state index in [2.05, 4.69) is 0 Å². The molecule has 1 aliphatic carbocycles. The van der Waals surface area contributed by atoms with Gasteiger partial charge in [0.25, 0.3) is 0 Å². The van der Waals surface area contributed by atoms with Gasteiger partial charge in [-0.25, -0.2) is 0 Å². The minimum Gasteiger partial charge on any atom is -0.466 e. The molecule has 16 heavy (non-hydrogen) atoms. The van der Waals surface area contributed by atoms with Crippen LogP contribution in [0.15, 0.2) is 0 Å². The van der Waals surface area contributed by atoms with Crippen LogP contribution >= 0.6 is 11.8 Å². The third-order valence-electron chi connectivity index (χ3n) is 3.69. The third-order valence-corrected chi connectivity index (χ3v) is 4.78. The zero-order valence-corrected chi connectivity index (χ0v) is 9.74. The maximum absolute atomic E-state index is 13.1. The molecule has 0 bridgehead atoms. The van der Waals surface area contributed by atoms with Crippen LogP contribution in [0.1, 0.15) is 13.3 Å². The Hall–Kier alpha value is -0.325. The molecule has 2 rings (SSSR count). The van der Waals surface area contributed by atoms with Gasteiger partial charge in [-0.1, -0.05) is 6.42 Å². The van der Waals surface area contributed by atoms with Crippen LogP contribution in [0, 0.1) is 11.8 Å². The van der Waals surface area contributed by atoms with E-state index in [4.69, 9.17) is 4.74 Å². The van der Waals surface area contributed by atoms with E-state index in [-0.39, 0.29) is 13.0 Å². The van der Waals surface area contributed by atoms with Crippen molar-refractivity contribution in [2.24, 2.45) is 11.8 Å². The molecule has 1 heterocycles.